The fourth-order valence-electron chi connectivity index (χ4n) is 0.692. The van der Waals surface area contributed by atoms with Crippen molar-refractivity contribution in [3.63, 3.8) is 0 Å². The molecule has 0 heterocycles. The summed E-state index contributed by atoms with van der Waals surface area (Å²) in [6.45, 7) is 7.96. The van der Waals surface area contributed by atoms with Gasteiger partial charge in [0.2, 0.25) is 0 Å². The van der Waals surface area contributed by atoms with Crippen LogP contribution in [0.15, 0.2) is 74.0 Å². The molecular formula is C13H17N. The van der Waals surface area contributed by atoms with Gasteiger partial charge in [0.05, 0.1) is 0 Å². The summed E-state index contributed by atoms with van der Waals surface area (Å²) in [5.74, 6) is 0. The standard InChI is InChI=1S/C13H17N/c1-3-5-7-9-11-13-14-12-10-8-6-4-2/h3-12,14H,1-2,13H2/b7-5-,8-6-,11-9-,12-10-. The Hall–Kier alpha value is -1.76. The molecular weight excluding hydrogens is 170 g/mol. The second-order valence-corrected chi connectivity index (χ2v) is 2.44. The van der Waals surface area contributed by atoms with Crippen LogP contribution in [0.3, 0.4) is 0 Å². The van der Waals surface area contributed by atoms with Gasteiger partial charge in [0.1, 0.15) is 0 Å². The Labute approximate surface area is 86.5 Å². The molecule has 0 radical (unpaired) electrons. The maximum absolute atomic E-state index is 3.57. The van der Waals surface area contributed by atoms with Crippen molar-refractivity contribution < 1.29 is 0 Å². The first kappa shape index (κ1) is 12.2. The molecule has 0 rings (SSSR count). The second kappa shape index (κ2) is 11.2. The van der Waals surface area contributed by atoms with Crippen LogP contribution in [-0.2, 0) is 0 Å². The highest BCUT2D eigenvalue weighted by molar-refractivity contribution is 5.10. The van der Waals surface area contributed by atoms with Crippen LogP contribution >= 0.6 is 0 Å². The highest BCUT2D eigenvalue weighted by Crippen LogP contribution is 1.78. The topological polar surface area (TPSA) is 12.0 Å². The lowest BCUT2D eigenvalue weighted by molar-refractivity contribution is 0.986. The lowest BCUT2D eigenvalue weighted by Gasteiger charge is -1.90. The Kier molecular flexibility index (Phi) is 9.83. The number of rotatable bonds is 7. The number of nitrogens with one attached hydrogen (secondary N) is 1. The Morgan fingerprint density at radius 3 is 2.07 bits per heavy atom. The van der Waals surface area contributed by atoms with Crippen LogP contribution in [0, 0.1) is 0 Å². The molecule has 0 unspecified atom stereocenters. The van der Waals surface area contributed by atoms with Crippen molar-refractivity contribution in [3.8, 4) is 0 Å². The maximum Gasteiger partial charge on any atom is 0.0328 e. The summed E-state index contributed by atoms with van der Waals surface area (Å²) in [5, 5.41) is 3.11. The molecule has 14 heavy (non-hydrogen) atoms. The summed E-state index contributed by atoms with van der Waals surface area (Å²) >= 11 is 0. The van der Waals surface area contributed by atoms with Gasteiger partial charge in [0.25, 0.3) is 0 Å². The lowest BCUT2D eigenvalue weighted by atomic mass is 10.4. The molecule has 0 aromatic rings. The van der Waals surface area contributed by atoms with Gasteiger partial charge in [0.15, 0.2) is 0 Å². The van der Waals surface area contributed by atoms with Crippen molar-refractivity contribution in [1.82, 2.24) is 5.32 Å². The van der Waals surface area contributed by atoms with Gasteiger partial charge in [-0.15, -0.1) is 0 Å². The zero-order valence-corrected chi connectivity index (χ0v) is 8.39. The maximum atomic E-state index is 3.57. The average Bonchev–Trinajstić information content (AvgIpc) is 2.21. The normalized spacial score (nSPS) is 12.0. The van der Waals surface area contributed by atoms with Gasteiger partial charge in [-0.25, -0.2) is 0 Å². The molecule has 0 spiro atoms. The largest absolute Gasteiger partial charge is 0.387 e. The van der Waals surface area contributed by atoms with Gasteiger partial charge in [-0.3, -0.25) is 0 Å². The van der Waals surface area contributed by atoms with Crippen molar-refractivity contribution >= 4 is 0 Å². The molecule has 0 aromatic heterocycles. The fourth-order valence-corrected chi connectivity index (χ4v) is 0.692. The van der Waals surface area contributed by atoms with E-state index in [-0.39, 0.29) is 0 Å². The SMILES string of the molecule is C=C/C=C\C=C/CN/C=C\C=C/C=C. The highest BCUT2D eigenvalue weighted by atomic mass is 14.8. The molecule has 1 nitrogen and oxygen atoms in total. The Morgan fingerprint density at radius 2 is 1.43 bits per heavy atom. The zero-order valence-electron chi connectivity index (χ0n) is 8.39. The van der Waals surface area contributed by atoms with Gasteiger partial charge in [-0.2, -0.15) is 0 Å². The molecule has 74 valence electrons. The molecule has 0 saturated carbocycles. The number of hydrogen-bond donors (Lipinski definition) is 1. The predicted molar refractivity (Wildman–Crippen MR) is 65.0 cm³/mol. The summed E-state index contributed by atoms with van der Waals surface area (Å²) < 4.78 is 0. The molecule has 0 aliphatic rings. The van der Waals surface area contributed by atoms with Gasteiger partial charge in [0, 0.05) is 6.54 Å². The smallest absolute Gasteiger partial charge is 0.0328 e. The molecule has 0 bridgehead atoms. The van der Waals surface area contributed by atoms with Crippen molar-refractivity contribution in [3.05, 3.63) is 74.0 Å². The van der Waals surface area contributed by atoms with E-state index in [1.54, 1.807) is 12.2 Å². The third-order valence-electron chi connectivity index (χ3n) is 1.30. The molecule has 0 fully saturated rings. The van der Waals surface area contributed by atoms with Crippen molar-refractivity contribution in [1.29, 1.82) is 0 Å². The van der Waals surface area contributed by atoms with E-state index in [4.69, 9.17) is 0 Å². The van der Waals surface area contributed by atoms with Crippen LogP contribution in [0.5, 0.6) is 0 Å². The molecule has 1 N–H and O–H groups in total. The highest BCUT2D eigenvalue weighted by Gasteiger charge is 1.69. The summed E-state index contributed by atoms with van der Waals surface area (Å²) in [4.78, 5) is 0. The first-order chi connectivity index (χ1) is 6.91. The van der Waals surface area contributed by atoms with Crippen LogP contribution < -0.4 is 5.32 Å². The lowest BCUT2D eigenvalue weighted by Crippen LogP contribution is -2.02. The summed E-state index contributed by atoms with van der Waals surface area (Å²) in [7, 11) is 0. The van der Waals surface area contributed by atoms with Crippen LogP contribution in [0.1, 0.15) is 0 Å². The minimum Gasteiger partial charge on any atom is -0.387 e. The Balaban J connectivity index is 3.45. The molecule has 0 saturated heterocycles. The predicted octanol–water partition coefficient (Wildman–Crippen LogP) is 3.13. The molecule has 0 aromatic carbocycles. The van der Waals surface area contributed by atoms with E-state index in [1.807, 2.05) is 48.7 Å². The number of allylic oxidation sites excluding steroid dienone is 8. The number of hydrogen-bond acceptors (Lipinski definition) is 1. The quantitative estimate of drug-likeness (QED) is 0.477. The monoisotopic (exact) mass is 187 g/mol. The zero-order chi connectivity index (χ0) is 10.5. The van der Waals surface area contributed by atoms with Gasteiger partial charge < -0.3 is 5.32 Å². The van der Waals surface area contributed by atoms with Crippen LogP contribution in [-0.4, -0.2) is 6.54 Å². The first-order valence-electron chi connectivity index (χ1n) is 4.53. The van der Waals surface area contributed by atoms with E-state index in [0.29, 0.717) is 0 Å². The van der Waals surface area contributed by atoms with Gasteiger partial charge in [-0.1, -0.05) is 61.8 Å². The third kappa shape index (κ3) is 10.2. The fraction of sp³-hybridized carbons (Fsp3) is 0.0769. The summed E-state index contributed by atoms with van der Waals surface area (Å²) in [5.41, 5.74) is 0. The van der Waals surface area contributed by atoms with Crippen LogP contribution in [0.2, 0.25) is 0 Å². The molecule has 0 aliphatic carbocycles. The summed E-state index contributed by atoms with van der Waals surface area (Å²) in [6.07, 6.45) is 18.9. The van der Waals surface area contributed by atoms with Gasteiger partial charge >= 0.3 is 0 Å². The molecule has 1 heteroatoms. The van der Waals surface area contributed by atoms with Crippen LogP contribution in [0.25, 0.3) is 0 Å². The first-order valence-corrected chi connectivity index (χ1v) is 4.53. The Bertz CT molecular complexity index is 226. The minimum absolute atomic E-state index is 0.819. The second-order valence-electron chi connectivity index (χ2n) is 2.44. The average molecular weight is 187 g/mol. The molecule has 0 amide bonds. The van der Waals surface area contributed by atoms with E-state index in [0.717, 1.165) is 6.54 Å². The van der Waals surface area contributed by atoms with E-state index >= 15 is 0 Å². The van der Waals surface area contributed by atoms with E-state index in [2.05, 4.69) is 18.5 Å². The van der Waals surface area contributed by atoms with E-state index < -0.39 is 0 Å². The van der Waals surface area contributed by atoms with Crippen molar-refractivity contribution in [2.75, 3.05) is 6.54 Å². The summed E-state index contributed by atoms with van der Waals surface area (Å²) in [6, 6.07) is 0. The van der Waals surface area contributed by atoms with E-state index in [9.17, 15) is 0 Å². The molecule has 0 aliphatic heterocycles. The molecule has 0 atom stereocenters. The van der Waals surface area contributed by atoms with Crippen molar-refractivity contribution in [2.24, 2.45) is 0 Å². The van der Waals surface area contributed by atoms with Crippen molar-refractivity contribution in [2.45, 2.75) is 0 Å². The van der Waals surface area contributed by atoms with E-state index in [1.165, 1.54) is 0 Å². The van der Waals surface area contributed by atoms with Gasteiger partial charge in [-0.05, 0) is 12.3 Å². The Morgan fingerprint density at radius 1 is 0.786 bits per heavy atom. The van der Waals surface area contributed by atoms with Crippen LogP contribution in [0.4, 0.5) is 0 Å². The minimum atomic E-state index is 0.819. The third-order valence-corrected chi connectivity index (χ3v) is 1.30.